The first-order valence-electron chi connectivity index (χ1n) is 0. The van der Waals surface area contributed by atoms with Gasteiger partial charge in [-0.1, -0.05) is 0 Å². The van der Waals surface area contributed by atoms with Crippen LogP contribution < -0.4 is 0 Å². The van der Waals surface area contributed by atoms with Gasteiger partial charge in [-0.05, 0) is 0 Å². The van der Waals surface area contributed by atoms with Crippen molar-refractivity contribution in [2.75, 3.05) is 0 Å². The van der Waals surface area contributed by atoms with Gasteiger partial charge in [-0.15, -0.1) is 12.4 Å². The van der Waals surface area contributed by atoms with Crippen molar-refractivity contribution in [2.45, 2.75) is 0 Å². The fourth-order valence-electron chi connectivity index (χ4n) is 0. The van der Waals surface area contributed by atoms with E-state index in [-0.39, 0.29) is 73.7 Å². The van der Waals surface area contributed by atoms with Crippen molar-refractivity contribution in [1.29, 1.82) is 0 Å². The fraction of sp³-hybridized carbons (Fsp3) is 0. The second-order valence-corrected chi connectivity index (χ2v) is 0. The molecule has 0 amide bonds. The Labute approximate surface area is 72.9 Å². The minimum atomic E-state index is 0. The van der Waals surface area contributed by atoms with E-state index < -0.39 is 0 Å². The third kappa shape index (κ3) is 8.86. The van der Waals surface area contributed by atoms with Crippen LogP contribution in [0.5, 0.6) is 0 Å². The summed E-state index contributed by atoms with van der Waals surface area (Å²) in [6, 6.07) is 0. The quantitative estimate of drug-likeness (QED) is 0.518. The summed E-state index contributed by atoms with van der Waals surface area (Å²) in [6.45, 7) is 0. The summed E-state index contributed by atoms with van der Waals surface area (Å²) in [6.07, 6.45) is 0. The van der Waals surface area contributed by atoms with E-state index in [2.05, 4.69) is 0 Å². The van der Waals surface area contributed by atoms with Gasteiger partial charge in [0.2, 0.25) is 0 Å². The van der Waals surface area contributed by atoms with E-state index >= 15 is 0 Å². The molecule has 0 aromatic carbocycles. The molecule has 0 unspecified atom stereocenters. The molecule has 0 aromatic rings. The van der Waals surface area contributed by atoms with Crippen molar-refractivity contribution in [1.82, 2.24) is 0 Å². The van der Waals surface area contributed by atoms with Crippen LogP contribution in [-0.2, 0) is 0 Å². The Morgan fingerprint density at radius 2 is 1.00 bits per heavy atom. The number of hydrogen-bond acceptors (Lipinski definition) is 0. The molecular formula is HClGaSbSe. The van der Waals surface area contributed by atoms with Crippen molar-refractivity contribution in [2.24, 2.45) is 0 Å². The number of hydrogen-bond donors (Lipinski definition) is 0. The van der Waals surface area contributed by atoms with Crippen molar-refractivity contribution in [3.05, 3.63) is 0 Å². The average Bonchev–Trinajstić information content (AvgIpc) is 0. The number of halogens is 1. The summed E-state index contributed by atoms with van der Waals surface area (Å²) in [7, 11) is 0. The Morgan fingerprint density at radius 3 is 1.00 bits per heavy atom. The molecule has 8 radical (unpaired) electrons. The van der Waals surface area contributed by atoms with Crippen molar-refractivity contribution in [3.63, 3.8) is 0 Å². The summed E-state index contributed by atoms with van der Waals surface area (Å²) in [5.74, 6) is 0. The van der Waals surface area contributed by atoms with Crippen LogP contribution >= 0.6 is 12.4 Å². The first-order valence-corrected chi connectivity index (χ1v) is 0. The molecular weight excluding hydrogens is 306 g/mol. The molecule has 0 bridgehead atoms. The first kappa shape index (κ1) is 33.9. The number of rotatable bonds is 0. The van der Waals surface area contributed by atoms with E-state index in [1.165, 1.54) is 0 Å². The van der Waals surface area contributed by atoms with Gasteiger partial charge in [-0.25, -0.2) is 0 Å². The maximum atomic E-state index is 0. The summed E-state index contributed by atoms with van der Waals surface area (Å²) < 4.78 is 0. The predicted octanol–water partition coefficient (Wildman–Crippen LogP) is -0.721. The molecule has 0 saturated heterocycles. The third-order valence-electron chi connectivity index (χ3n) is 0. The van der Waals surface area contributed by atoms with Crippen molar-refractivity contribution in [3.8, 4) is 0 Å². The zero-order valence-electron chi connectivity index (χ0n) is 1.84. The molecule has 0 atom stereocenters. The molecule has 22 valence electrons. The van der Waals surface area contributed by atoms with Gasteiger partial charge >= 0.3 is 0 Å². The van der Waals surface area contributed by atoms with Crippen LogP contribution in [0.15, 0.2) is 0 Å². The Hall–Kier alpha value is 2.26. The van der Waals surface area contributed by atoms with Gasteiger partial charge in [0.15, 0.2) is 0 Å². The zero-order chi connectivity index (χ0) is 0. The second kappa shape index (κ2) is 18.7. The third-order valence-corrected chi connectivity index (χ3v) is 0. The molecule has 0 aliphatic carbocycles. The fourth-order valence-corrected chi connectivity index (χ4v) is 0. The molecule has 0 aliphatic heterocycles. The van der Waals surface area contributed by atoms with Gasteiger partial charge in [-0.3, -0.25) is 0 Å². The summed E-state index contributed by atoms with van der Waals surface area (Å²) in [4.78, 5) is 0. The smallest absolute Gasteiger partial charge is 0 e. The van der Waals surface area contributed by atoms with E-state index in [9.17, 15) is 0 Å². The standard InChI is InChI=1S/ClH.Ga.Sb.Se/h1H;;;. The zero-order valence-corrected chi connectivity index (χ0v) is 9.35. The molecule has 0 nitrogen and oxygen atoms in total. The maximum Gasteiger partial charge on any atom is 0 e. The van der Waals surface area contributed by atoms with Gasteiger partial charge in [0, 0.05) is 61.3 Å². The Kier molecular flexibility index (Phi) is 158. The van der Waals surface area contributed by atoms with E-state index in [1.54, 1.807) is 0 Å². The molecule has 4 heteroatoms. The van der Waals surface area contributed by atoms with Crippen LogP contribution in [0.1, 0.15) is 0 Å². The van der Waals surface area contributed by atoms with Gasteiger partial charge in [-0.2, -0.15) is 0 Å². The molecule has 0 aromatic heterocycles. The van der Waals surface area contributed by atoms with Crippen LogP contribution in [0.4, 0.5) is 0 Å². The van der Waals surface area contributed by atoms with E-state index in [4.69, 9.17) is 0 Å². The molecule has 0 spiro atoms. The predicted molar refractivity (Wildman–Crippen MR) is 24.5 cm³/mol. The van der Waals surface area contributed by atoms with E-state index in [1.807, 2.05) is 0 Å². The molecule has 4 heavy (non-hydrogen) atoms. The molecule has 0 rings (SSSR count). The second-order valence-electron chi connectivity index (χ2n) is 0. The van der Waals surface area contributed by atoms with Gasteiger partial charge in [0.25, 0.3) is 0 Å². The summed E-state index contributed by atoms with van der Waals surface area (Å²) in [5, 5.41) is 0. The van der Waals surface area contributed by atoms with Crippen LogP contribution in [0.25, 0.3) is 0 Å². The van der Waals surface area contributed by atoms with Crippen LogP contribution in [-0.4, -0.2) is 61.3 Å². The topological polar surface area (TPSA) is 0 Å². The molecule has 0 aliphatic rings. The Balaban J connectivity index is 0. The Morgan fingerprint density at radius 1 is 1.00 bits per heavy atom. The van der Waals surface area contributed by atoms with Crippen LogP contribution in [0.3, 0.4) is 0 Å². The van der Waals surface area contributed by atoms with Gasteiger partial charge in [0.1, 0.15) is 0 Å². The largest absolute Gasteiger partial charge is 0.147 e. The minimum absolute atomic E-state index is 0. The average molecular weight is 307 g/mol. The first-order chi connectivity index (χ1) is 0. The Bertz CT molecular complexity index is 8.00. The maximum absolute atomic E-state index is 0. The molecule has 0 heterocycles. The van der Waals surface area contributed by atoms with Gasteiger partial charge in [0.05, 0.1) is 0 Å². The van der Waals surface area contributed by atoms with Crippen molar-refractivity contribution >= 4 is 73.7 Å². The molecule has 0 saturated carbocycles. The van der Waals surface area contributed by atoms with Crippen molar-refractivity contribution < 1.29 is 0 Å². The summed E-state index contributed by atoms with van der Waals surface area (Å²) >= 11 is 0. The van der Waals surface area contributed by atoms with E-state index in [0.29, 0.717) is 0 Å². The van der Waals surface area contributed by atoms with Crippen LogP contribution in [0, 0.1) is 0 Å². The van der Waals surface area contributed by atoms with Gasteiger partial charge < -0.3 is 0 Å². The summed E-state index contributed by atoms with van der Waals surface area (Å²) in [5.41, 5.74) is 0. The minimum Gasteiger partial charge on any atom is -0.147 e. The van der Waals surface area contributed by atoms with E-state index in [0.717, 1.165) is 0 Å². The normalized spacial score (nSPS) is 0. The molecule has 0 N–H and O–H groups in total. The molecule has 0 fully saturated rings. The van der Waals surface area contributed by atoms with Crippen LogP contribution in [0.2, 0.25) is 0 Å². The monoisotopic (exact) mass is 306 g/mol. The SMILES string of the molecule is Cl.[Ga].[Sb].[Se].